The van der Waals surface area contributed by atoms with E-state index in [1.165, 1.54) is 12.1 Å². The van der Waals surface area contributed by atoms with Crippen molar-refractivity contribution < 1.29 is 9.13 Å². The Morgan fingerprint density at radius 3 is 2.56 bits per heavy atom. The first-order valence-electron chi connectivity index (χ1n) is 4.71. The molecule has 0 bridgehead atoms. The van der Waals surface area contributed by atoms with E-state index in [2.05, 4.69) is 20.9 Å². The average Bonchev–Trinajstić information content (AvgIpc) is 2.25. The number of halogens is 2. The Morgan fingerprint density at radius 1 is 1.25 bits per heavy atom. The standard InChI is InChI=1S/C12H9BrFNO/c1-8-6-11(13)12(15-7-8)16-10-4-2-9(14)3-5-10/h2-7H,1H3. The third-order valence-electron chi connectivity index (χ3n) is 1.97. The van der Waals surface area contributed by atoms with Crippen LogP contribution >= 0.6 is 15.9 Å². The minimum Gasteiger partial charge on any atom is -0.438 e. The van der Waals surface area contributed by atoms with Crippen molar-refractivity contribution in [3.63, 3.8) is 0 Å². The molecular weight excluding hydrogens is 273 g/mol. The molecule has 0 radical (unpaired) electrons. The summed E-state index contributed by atoms with van der Waals surface area (Å²) >= 11 is 3.36. The summed E-state index contributed by atoms with van der Waals surface area (Å²) in [5.41, 5.74) is 1.04. The van der Waals surface area contributed by atoms with E-state index < -0.39 is 0 Å². The number of rotatable bonds is 2. The van der Waals surface area contributed by atoms with Gasteiger partial charge < -0.3 is 4.74 Å². The molecule has 1 aromatic carbocycles. The molecule has 0 fully saturated rings. The van der Waals surface area contributed by atoms with Crippen LogP contribution in [0.25, 0.3) is 0 Å². The van der Waals surface area contributed by atoms with Gasteiger partial charge in [-0.15, -0.1) is 0 Å². The third-order valence-corrected chi connectivity index (χ3v) is 2.54. The molecule has 1 heterocycles. The Balaban J connectivity index is 2.23. The molecule has 1 aromatic heterocycles. The maximum Gasteiger partial charge on any atom is 0.233 e. The molecule has 0 aliphatic heterocycles. The summed E-state index contributed by atoms with van der Waals surface area (Å²) in [5.74, 6) is 0.735. The second kappa shape index (κ2) is 4.61. The number of ether oxygens (including phenoxy) is 1. The van der Waals surface area contributed by atoms with Gasteiger partial charge in [0.2, 0.25) is 5.88 Å². The maximum atomic E-state index is 12.7. The van der Waals surface area contributed by atoms with Gasteiger partial charge in [-0.25, -0.2) is 9.37 Å². The van der Waals surface area contributed by atoms with E-state index >= 15 is 0 Å². The summed E-state index contributed by atoms with van der Waals surface area (Å²) in [7, 11) is 0. The second-order valence-electron chi connectivity index (χ2n) is 3.36. The zero-order valence-corrected chi connectivity index (χ0v) is 10.2. The van der Waals surface area contributed by atoms with Crippen LogP contribution in [-0.2, 0) is 0 Å². The van der Waals surface area contributed by atoms with Crippen LogP contribution in [-0.4, -0.2) is 4.98 Å². The van der Waals surface area contributed by atoms with Gasteiger partial charge in [0.1, 0.15) is 11.6 Å². The van der Waals surface area contributed by atoms with Crippen LogP contribution in [0, 0.1) is 12.7 Å². The minimum absolute atomic E-state index is 0.289. The van der Waals surface area contributed by atoms with Crippen molar-refractivity contribution in [2.45, 2.75) is 6.92 Å². The van der Waals surface area contributed by atoms with E-state index in [0.717, 1.165) is 10.0 Å². The van der Waals surface area contributed by atoms with Crippen LogP contribution in [0.4, 0.5) is 4.39 Å². The maximum absolute atomic E-state index is 12.7. The van der Waals surface area contributed by atoms with Gasteiger partial charge in [0.25, 0.3) is 0 Å². The van der Waals surface area contributed by atoms with Crippen molar-refractivity contribution in [1.82, 2.24) is 4.98 Å². The number of aryl methyl sites for hydroxylation is 1. The van der Waals surface area contributed by atoms with Gasteiger partial charge in [0.15, 0.2) is 0 Å². The van der Waals surface area contributed by atoms with E-state index in [0.29, 0.717) is 11.6 Å². The van der Waals surface area contributed by atoms with Gasteiger partial charge in [0, 0.05) is 6.20 Å². The highest BCUT2D eigenvalue weighted by molar-refractivity contribution is 9.10. The first-order chi connectivity index (χ1) is 7.65. The van der Waals surface area contributed by atoms with Gasteiger partial charge in [-0.3, -0.25) is 0 Å². The number of pyridine rings is 1. The number of benzene rings is 1. The van der Waals surface area contributed by atoms with Crippen LogP contribution in [0.5, 0.6) is 11.6 Å². The molecule has 2 rings (SSSR count). The first kappa shape index (κ1) is 11.1. The highest BCUT2D eigenvalue weighted by Gasteiger charge is 2.04. The fraction of sp³-hybridized carbons (Fsp3) is 0.0833. The normalized spacial score (nSPS) is 10.2. The molecule has 2 nitrogen and oxygen atoms in total. The molecule has 0 unspecified atom stereocenters. The average molecular weight is 282 g/mol. The van der Waals surface area contributed by atoms with Gasteiger partial charge in [0.05, 0.1) is 4.47 Å². The number of nitrogens with zero attached hydrogens (tertiary/aromatic N) is 1. The monoisotopic (exact) mass is 281 g/mol. The second-order valence-corrected chi connectivity index (χ2v) is 4.21. The van der Waals surface area contributed by atoms with E-state index in [1.807, 2.05) is 13.0 Å². The summed E-state index contributed by atoms with van der Waals surface area (Å²) < 4.78 is 18.9. The fourth-order valence-corrected chi connectivity index (χ4v) is 1.75. The SMILES string of the molecule is Cc1cnc(Oc2ccc(F)cc2)c(Br)c1. The topological polar surface area (TPSA) is 22.1 Å². The largest absolute Gasteiger partial charge is 0.438 e. The summed E-state index contributed by atoms with van der Waals surface area (Å²) in [6, 6.07) is 7.72. The molecule has 0 aliphatic carbocycles. The Hall–Kier alpha value is -1.42. The molecule has 0 saturated carbocycles. The van der Waals surface area contributed by atoms with Gasteiger partial charge in [-0.2, -0.15) is 0 Å². The molecule has 0 aliphatic rings. The van der Waals surface area contributed by atoms with Crippen LogP contribution in [0.15, 0.2) is 41.0 Å². The number of hydrogen-bond donors (Lipinski definition) is 0. The Labute approximate surface area is 101 Å². The lowest BCUT2D eigenvalue weighted by atomic mass is 10.3. The van der Waals surface area contributed by atoms with Crippen molar-refractivity contribution in [2.75, 3.05) is 0 Å². The van der Waals surface area contributed by atoms with E-state index in [4.69, 9.17) is 4.74 Å². The number of hydrogen-bond acceptors (Lipinski definition) is 2. The predicted octanol–water partition coefficient (Wildman–Crippen LogP) is 4.08. The summed E-state index contributed by atoms with van der Waals surface area (Å²) in [6.45, 7) is 1.94. The van der Waals surface area contributed by atoms with Crippen molar-refractivity contribution in [1.29, 1.82) is 0 Å². The lowest BCUT2D eigenvalue weighted by molar-refractivity contribution is 0.458. The predicted molar refractivity (Wildman–Crippen MR) is 63.1 cm³/mol. The minimum atomic E-state index is -0.289. The molecular formula is C12H9BrFNO. The summed E-state index contributed by atoms with van der Waals surface area (Å²) in [4.78, 5) is 4.13. The van der Waals surface area contributed by atoms with Crippen molar-refractivity contribution in [3.05, 3.63) is 52.4 Å². The number of aromatic nitrogens is 1. The fourth-order valence-electron chi connectivity index (χ4n) is 1.21. The zero-order chi connectivity index (χ0) is 11.5. The molecule has 0 spiro atoms. The highest BCUT2D eigenvalue weighted by Crippen LogP contribution is 2.27. The third kappa shape index (κ3) is 2.58. The van der Waals surface area contributed by atoms with E-state index in [-0.39, 0.29) is 5.82 Å². The molecule has 0 saturated heterocycles. The lowest BCUT2D eigenvalue weighted by Crippen LogP contribution is -1.90. The van der Waals surface area contributed by atoms with Crippen LogP contribution in [0.3, 0.4) is 0 Å². The summed E-state index contributed by atoms with van der Waals surface area (Å²) in [5, 5.41) is 0. The zero-order valence-electron chi connectivity index (χ0n) is 8.58. The molecule has 0 N–H and O–H groups in total. The molecule has 16 heavy (non-hydrogen) atoms. The quantitative estimate of drug-likeness (QED) is 0.827. The molecule has 2 aromatic rings. The van der Waals surface area contributed by atoms with E-state index in [1.54, 1.807) is 18.3 Å². The summed E-state index contributed by atoms with van der Waals surface area (Å²) in [6.07, 6.45) is 1.71. The highest BCUT2D eigenvalue weighted by atomic mass is 79.9. The van der Waals surface area contributed by atoms with Gasteiger partial charge in [-0.05, 0) is 58.7 Å². The van der Waals surface area contributed by atoms with Crippen molar-refractivity contribution >= 4 is 15.9 Å². The van der Waals surface area contributed by atoms with Crippen molar-refractivity contribution in [2.24, 2.45) is 0 Å². The van der Waals surface area contributed by atoms with Crippen LogP contribution in [0.2, 0.25) is 0 Å². The smallest absolute Gasteiger partial charge is 0.233 e. The van der Waals surface area contributed by atoms with Crippen LogP contribution < -0.4 is 4.74 Å². The molecule has 4 heteroatoms. The first-order valence-corrected chi connectivity index (χ1v) is 5.50. The Morgan fingerprint density at radius 2 is 1.94 bits per heavy atom. The van der Waals surface area contributed by atoms with Gasteiger partial charge >= 0.3 is 0 Å². The van der Waals surface area contributed by atoms with E-state index in [9.17, 15) is 4.39 Å². The molecule has 82 valence electrons. The molecule has 0 atom stereocenters. The Kier molecular flexibility index (Phi) is 3.19. The van der Waals surface area contributed by atoms with Gasteiger partial charge in [-0.1, -0.05) is 0 Å². The Bertz CT molecular complexity index is 499. The van der Waals surface area contributed by atoms with Crippen molar-refractivity contribution in [3.8, 4) is 11.6 Å². The molecule has 0 amide bonds. The lowest BCUT2D eigenvalue weighted by Gasteiger charge is -2.06. The van der Waals surface area contributed by atoms with Crippen LogP contribution in [0.1, 0.15) is 5.56 Å².